The molecule has 18 heavy (non-hydrogen) atoms. The Morgan fingerprint density at radius 3 is 2.44 bits per heavy atom. The lowest BCUT2D eigenvalue weighted by Gasteiger charge is -2.16. The van der Waals surface area contributed by atoms with Gasteiger partial charge in [-0.1, -0.05) is 11.6 Å². The zero-order chi connectivity index (χ0) is 13.9. The van der Waals surface area contributed by atoms with E-state index in [1.165, 1.54) is 6.07 Å². The van der Waals surface area contributed by atoms with Crippen molar-refractivity contribution < 1.29 is 23.0 Å². The molecule has 3 nitrogen and oxygen atoms in total. The van der Waals surface area contributed by atoms with Crippen molar-refractivity contribution in [2.75, 3.05) is 7.11 Å². The number of halogens is 3. The molecule has 0 aliphatic rings. The van der Waals surface area contributed by atoms with Crippen molar-refractivity contribution in [2.45, 2.75) is 25.9 Å². The molecule has 0 saturated carbocycles. The Morgan fingerprint density at radius 1 is 1.39 bits per heavy atom. The summed E-state index contributed by atoms with van der Waals surface area (Å²) < 4.78 is 36.4. The molecule has 0 fully saturated rings. The molecular weight excluding hydrogens is 266 g/mol. The predicted octanol–water partition coefficient (Wildman–Crippen LogP) is 3.39. The monoisotopic (exact) mass is 278 g/mol. The lowest BCUT2D eigenvalue weighted by Crippen LogP contribution is -2.27. The molecule has 1 aromatic rings. The van der Waals surface area contributed by atoms with Crippen molar-refractivity contribution in [3.8, 4) is 5.75 Å². The van der Waals surface area contributed by atoms with Gasteiger partial charge in [0.15, 0.2) is 0 Å². The van der Waals surface area contributed by atoms with Crippen molar-refractivity contribution in [3.05, 3.63) is 28.8 Å². The highest BCUT2D eigenvalue weighted by atomic mass is 35.5. The average molecular weight is 279 g/mol. The van der Waals surface area contributed by atoms with E-state index in [1.807, 2.05) is 0 Å². The van der Waals surface area contributed by atoms with Crippen molar-refractivity contribution >= 4 is 17.6 Å². The Kier molecular flexibility index (Phi) is 4.51. The van der Waals surface area contributed by atoms with E-state index in [0.29, 0.717) is 0 Å². The molecule has 100 valence electrons. The van der Waals surface area contributed by atoms with Gasteiger partial charge in [0, 0.05) is 5.56 Å². The Hall–Kier alpha value is -1.36. The van der Waals surface area contributed by atoms with Gasteiger partial charge in [0.05, 0.1) is 18.2 Å². The van der Waals surface area contributed by atoms with E-state index in [1.54, 1.807) is 13.8 Å². The fourth-order valence-electron chi connectivity index (χ4n) is 1.29. The molecule has 0 amide bonds. The smallest absolute Gasteiger partial charge is 0.381 e. The first-order valence-electron chi connectivity index (χ1n) is 5.22. The van der Waals surface area contributed by atoms with Crippen LogP contribution in [0.4, 0.5) is 8.78 Å². The molecule has 0 atom stereocenters. The molecule has 0 heterocycles. The van der Waals surface area contributed by atoms with Crippen LogP contribution >= 0.6 is 11.6 Å². The van der Waals surface area contributed by atoms with E-state index in [2.05, 4.69) is 4.74 Å². The van der Waals surface area contributed by atoms with Gasteiger partial charge in [-0.05, 0) is 32.0 Å². The molecule has 1 aromatic carbocycles. The summed E-state index contributed by atoms with van der Waals surface area (Å²) >= 11 is 5.82. The number of ether oxygens (including phenoxy) is 2. The van der Waals surface area contributed by atoms with Crippen LogP contribution in [0.1, 0.15) is 19.4 Å². The molecule has 0 unspecified atom stereocenters. The van der Waals surface area contributed by atoms with E-state index in [4.69, 9.17) is 16.3 Å². The quantitative estimate of drug-likeness (QED) is 0.792. The maximum atomic E-state index is 13.6. The fourth-order valence-corrected chi connectivity index (χ4v) is 1.52. The van der Waals surface area contributed by atoms with Crippen molar-refractivity contribution in [2.24, 2.45) is 0 Å². The molecule has 0 aliphatic carbocycles. The number of hydrogen-bond donors (Lipinski definition) is 0. The summed E-state index contributed by atoms with van der Waals surface area (Å²) in [5, 5.41) is 0.0183. The van der Waals surface area contributed by atoms with Gasteiger partial charge in [-0.25, -0.2) is 4.79 Å². The third kappa shape index (κ3) is 3.10. The number of carbonyl (C=O) groups is 1. The van der Waals surface area contributed by atoms with Crippen molar-refractivity contribution in [1.82, 2.24) is 0 Å². The maximum absolute atomic E-state index is 13.6. The average Bonchev–Trinajstić information content (AvgIpc) is 2.29. The third-order valence-electron chi connectivity index (χ3n) is 2.10. The number of alkyl halides is 2. The summed E-state index contributed by atoms with van der Waals surface area (Å²) in [7, 11) is 0.897. The molecule has 0 aromatic heterocycles. The van der Waals surface area contributed by atoms with Crippen molar-refractivity contribution in [1.29, 1.82) is 0 Å². The molecule has 0 aliphatic heterocycles. The number of hydrogen-bond acceptors (Lipinski definition) is 3. The highest BCUT2D eigenvalue weighted by Gasteiger charge is 2.42. The highest BCUT2D eigenvalue weighted by Crippen LogP contribution is 2.35. The summed E-state index contributed by atoms with van der Waals surface area (Å²) in [6, 6.07) is 3.38. The molecule has 0 bridgehead atoms. The lowest BCUT2D eigenvalue weighted by molar-refractivity contribution is -0.170. The summed E-state index contributed by atoms with van der Waals surface area (Å²) in [6.07, 6.45) is -0.130. The Balaban J connectivity index is 3.07. The zero-order valence-electron chi connectivity index (χ0n) is 10.2. The molecule has 0 spiro atoms. The highest BCUT2D eigenvalue weighted by molar-refractivity contribution is 6.32. The minimum absolute atomic E-state index is 0.0183. The molecule has 6 heteroatoms. The topological polar surface area (TPSA) is 35.5 Å². The molecule has 0 radical (unpaired) electrons. The van der Waals surface area contributed by atoms with Crippen LogP contribution in [0.5, 0.6) is 5.75 Å². The predicted molar refractivity (Wildman–Crippen MR) is 63.1 cm³/mol. The second kappa shape index (κ2) is 5.52. The van der Waals surface area contributed by atoms with Gasteiger partial charge >= 0.3 is 11.9 Å². The largest absolute Gasteiger partial charge is 0.489 e. The van der Waals surface area contributed by atoms with E-state index >= 15 is 0 Å². The molecule has 0 saturated heterocycles. The first-order chi connectivity index (χ1) is 8.28. The summed E-state index contributed by atoms with van der Waals surface area (Å²) in [6.45, 7) is 3.57. The number of carbonyl (C=O) groups excluding carboxylic acids is 1. The summed E-state index contributed by atoms with van der Waals surface area (Å²) in [4.78, 5) is 11.0. The summed E-state index contributed by atoms with van der Waals surface area (Å²) in [5.41, 5.74) is -0.532. The van der Waals surface area contributed by atoms with E-state index in [-0.39, 0.29) is 16.9 Å². The van der Waals surface area contributed by atoms with Crippen LogP contribution in [0.25, 0.3) is 0 Å². The van der Waals surface area contributed by atoms with Gasteiger partial charge in [-0.3, -0.25) is 0 Å². The van der Waals surface area contributed by atoms with Gasteiger partial charge in [0.1, 0.15) is 5.75 Å². The standard InChI is InChI=1S/C12H13ClF2O3/c1-7(2)18-10-5-4-8(6-9(10)13)12(14,15)11(16)17-3/h4-7H,1-3H3. The van der Waals surface area contributed by atoms with Crippen LogP contribution in [0.3, 0.4) is 0 Å². The molecular formula is C12H13ClF2O3. The number of esters is 1. The van der Waals surface area contributed by atoms with Crippen LogP contribution in [-0.4, -0.2) is 19.2 Å². The first-order valence-corrected chi connectivity index (χ1v) is 5.59. The molecule has 1 rings (SSSR count). The van der Waals surface area contributed by atoms with Crippen molar-refractivity contribution in [3.63, 3.8) is 0 Å². The minimum atomic E-state index is -3.73. The fraction of sp³-hybridized carbons (Fsp3) is 0.417. The second-order valence-electron chi connectivity index (χ2n) is 3.88. The third-order valence-corrected chi connectivity index (χ3v) is 2.39. The van der Waals surface area contributed by atoms with Crippen LogP contribution < -0.4 is 4.74 Å². The van der Waals surface area contributed by atoms with Crippen LogP contribution in [0.15, 0.2) is 18.2 Å². The Bertz CT molecular complexity index is 447. The van der Waals surface area contributed by atoms with E-state index < -0.39 is 17.5 Å². The van der Waals surface area contributed by atoms with Gasteiger partial charge in [-0.15, -0.1) is 0 Å². The molecule has 0 N–H and O–H groups in total. The van der Waals surface area contributed by atoms with Gasteiger partial charge < -0.3 is 9.47 Å². The summed E-state index contributed by atoms with van der Waals surface area (Å²) in [5.74, 6) is -5.07. The van der Waals surface area contributed by atoms with E-state index in [9.17, 15) is 13.6 Å². The van der Waals surface area contributed by atoms with Crippen LogP contribution in [-0.2, 0) is 15.5 Å². The van der Waals surface area contributed by atoms with Gasteiger partial charge in [0.25, 0.3) is 0 Å². The number of methoxy groups -OCH3 is 1. The Morgan fingerprint density at radius 2 is 2.00 bits per heavy atom. The first kappa shape index (κ1) is 14.7. The number of rotatable bonds is 4. The lowest BCUT2D eigenvalue weighted by atomic mass is 10.1. The van der Waals surface area contributed by atoms with Crippen LogP contribution in [0.2, 0.25) is 5.02 Å². The zero-order valence-corrected chi connectivity index (χ0v) is 10.9. The normalized spacial score (nSPS) is 11.5. The van der Waals surface area contributed by atoms with E-state index in [0.717, 1.165) is 19.2 Å². The number of benzene rings is 1. The van der Waals surface area contributed by atoms with Gasteiger partial charge in [-0.2, -0.15) is 8.78 Å². The maximum Gasteiger partial charge on any atom is 0.381 e. The minimum Gasteiger partial charge on any atom is -0.489 e. The Labute approximate surface area is 109 Å². The van der Waals surface area contributed by atoms with Gasteiger partial charge in [0.2, 0.25) is 0 Å². The van der Waals surface area contributed by atoms with Crippen LogP contribution in [0, 0.1) is 0 Å². The SMILES string of the molecule is COC(=O)C(F)(F)c1ccc(OC(C)C)c(Cl)c1. The second-order valence-corrected chi connectivity index (χ2v) is 4.28.